The normalized spacial score (nSPS) is 11.4. The van der Waals surface area contributed by atoms with Gasteiger partial charge in [0.05, 0.1) is 0 Å². The summed E-state index contributed by atoms with van der Waals surface area (Å²) in [5.41, 5.74) is 7.21. The van der Waals surface area contributed by atoms with E-state index in [0.717, 1.165) is 11.4 Å². The summed E-state index contributed by atoms with van der Waals surface area (Å²) in [7, 11) is 0. The summed E-state index contributed by atoms with van der Waals surface area (Å²) in [6, 6.07) is 17.6. The summed E-state index contributed by atoms with van der Waals surface area (Å²) in [4.78, 5) is 9.70. The third-order valence-electron chi connectivity index (χ3n) is 4.50. The molecule has 2 aromatic carbocycles. The van der Waals surface area contributed by atoms with Crippen LogP contribution in [0.5, 0.6) is 0 Å². The molecule has 0 unspecified atom stereocenters. The molecule has 0 aliphatic carbocycles. The SMILES string of the molecule is Cc1cc(C)c2cccc([Se][Se]c3cccc4c(C)cc(C)nc34)c2n1. The zero-order valence-corrected chi connectivity index (χ0v) is 18.8. The molecule has 0 radical (unpaired) electrons. The summed E-state index contributed by atoms with van der Waals surface area (Å²) >= 11 is 0.765. The van der Waals surface area contributed by atoms with E-state index >= 15 is 0 Å². The van der Waals surface area contributed by atoms with Crippen LogP contribution in [0.2, 0.25) is 0 Å². The van der Waals surface area contributed by atoms with Crippen LogP contribution in [0, 0.1) is 27.7 Å². The van der Waals surface area contributed by atoms with Gasteiger partial charge >= 0.3 is 166 Å². The van der Waals surface area contributed by atoms with E-state index in [1.54, 1.807) is 0 Å². The van der Waals surface area contributed by atoms with Gasteiger partial charge in [-0.2, -0.15) is 0 Å². The van der Waals surface area contributed by atoms with Gasteiger partial charge in [0.25, 0.3) is 0 Å². The van der Waals surface area contributed by atoms with Crippen LogP contribution in [-0.2, 0) is 0 Å². The molecule has 0 atom stereocenters. The maximum absolute atomic E-state index is 4.85. The van der Waals surface area contributed by atoms with Crippen LogP contribution in [0.4, 0.5) is 0 Å². The second-order valence-corrected chi connectivity index (χ2v) is 12.8. The van der Waals surface area contributed by atoms with Crippen molar-refractivity contribution >= 4 is 57.0 Å². The zero-order valence-electron chi connectivity index (χ0n) is 15.3. The first-order valence-electron chi connectivity index (χ1n) is 8.61. The van der Waals surface area contributed by atoms with Crippen molar-refractivity contribution < 1.29 is 0 Å². The van der Waals surface area contributed by atoms with Crippen molar-refractivity contribution in [2.45, 2.75) is 27.7 Å². The van der Waals surface area contributed by atoms with Gasteiger partial charge in [-0.05, 0) is 0 Å². The van der Waals surface area contributed by atoms with E-state index in [-0.39, 0.29) is 0 Å². The van der Waals surface area contributed by atoms with Crippen LogP contribution in [0.15, 0.2) is 48.5 Å². The standard InChI is InChI=1S/C22H20N2Se2/c1-13-11-15(3)23-21-17(13)7-5-9-19(21)25-26-20-10-6-8-18-14(2)12-16(4)24-22(18)20/h5-12H,1-4H3. The third kappa shape index (κ3) is 3.31. The Morgan fingerprint density at radius 3 is 1.46 bits per heavy atom. The predicted molar refractivity (Wildman–Crippen MR) is 113 cm³/mol. The number of benzene rings is 2. The molecule has 0 saturated carbocycles. The van der Waals surface area contributed by atoms with E-state index in [9.17, 15) is 0 Å². The van der Waals surface area contributed by atoms with Crippen molar-refractivity contribution in [3.05, 3.63) is 71.0 Å². The van der Waals surface area contributed by atoms with Gasteiger partial charge in [0.1, 0.15) is 0 Å². The average molecular weight is 470 g/mol. The maximum atomic E-state index is 4.85. The second kappa shape index (κ2) is 7.13. The summed E-state index contributed by atoms with van der Waals surface area (Å²) < 4.78 is 2.81. The topological polar surface area (TPSA) is 25.8 Å². The molecule has 26 heavy (non-hydrogen) atoms. The van der Waals surface area contributed by atoms with Gasteiger partial charge in [-0.25, -0.2) is 0 Å². The van der Waals surface area contributed by atoms with Crippen molar-refractivity contribution in [2.24, 2.45) is 0 Å². The minimum atomic E-state index is 0.382. The van der Waals surface area contributed by atoms with Crippen LogP contribution in [-0.4, -0.2) is 36.2 Å². The van der Waals surface area contributed by atoms with Gasteiger partial charge in [0.2, 0.25) is 0 Å². The van der Waals surface area contributed by atoms with Crippen LogP contribution < -0.4 is 8.92 Å². The second-order valence-electron chi connectivity index (χ2n) is 6.63. The van der Waals surface area contributed by atoms with E-state index < -0.39 is 0 Å². The Labute approximate surface area is 165 Å². The van der Waals surface area contributed by atoms with E-state index in [4.69, 9.17) is 9.97 Å². The molecular formula is C22H20N2Se2. The monoisotopic (exact) mass is 472 g/mol. The molecule has 0 N–H and O–H groups in total. The van der Waals surface area contributed by atoms with Gasteiger partial charge in [0, 0.05) is 0 Å². The molecule has 2 nitrogen and oxygen atoms in total. The number of para-hydroxylation sites is 2. The molecule has 0 amide bonds. The summed E-state index contributed by atoms with van der Waals surface area (Å²) in [6.07, 6.45) is 0. The molecule has 4 heteroatoms. The Morgan fingerprint density at radius 2 is 1.04 bits per heavy atom. The van der Waals surface area contributed by atoms with Gasteiger partial charge in [-0.15, -0.1) is 0 Å². The van der Waals surface area contributed by atoms with Gasteiger partial charge < -0.3 is 0 Å². The number of rotatable bonds is 3. The van der Waals surface area contributed by atoms with Crippen molar-refractivity contribution in [1.29, 1.82) is 0 Å². The van der Waals surface area contributed by atoms with Gasteiger partial charge in [-0.1, -0.05) is 0 Å². The number of hydrogen-bond acceptors (Lipinski definition) is 2. The predicted octanol–water partition coefficient (Wildman–Crippen LogP) is 3.29. The Bertz CT molecular complexity index is 1040. The van der Waals surface area contributed by atoms with Crippen molar-refractivity contribution in [3.63, 3.8) is 0 Å². The zero-order chi connectivity index (χ0) is 18.3. The third-order valence-corrected chi connectivity index (χ3v) is 11.6. The summed E-state index contributed by atoms with van der Waals surface area (Å²) in [5, 5.41) is 2.57. The number of aromatic nitrogens is 2. The Morgan fingerprint density at radius 1 is 0.615 bits per heavy atom. The molecule has 0 aliphatic rings. The van der Waals surface area contributed by atoms with Crippen molar-refractivity contribution in [1.82, 2.24) is 9.97 Å². The molecule has 0 aliphatic heterocycles. The molecule has 4 rings (SSSR count). The van der Waals surface area contributed by atoms with E-state index in [1.807, 2.05) is 0 Å². The molecular weight excluding hydrogens is 450 g/mol. The quantitative estimate of drug-likeness (QED) is 0.430. The van der Waals surface area contributed by atoms with Crippen molar-refractivity contribution in [3.8, 4) is 0 Å². The fourth-order valence-electron chi connectivity index (χ4n) is 3.34. The van der Waals surface area contributed by atoms with Gasteiger partial charge in [-0.3, -0.25) is 0 Å². The number of fused-ring (bicyclic) bond motifs is 2. The molecule has 4 aromatic rings. The van der Waals surface area contributed by atoms with E-state index in [2.05, 4.69) is 76.2 Å². The van der Waals surface area contributed by atoms with Gasteiger partial charge in [0.15, 0.2) is 0 Å². The fourth-order valence-corrected chi connectivity index (χ4v) is 10.1. The first-order valence-corrected chi connectivity index (χ1v) is 14.7. The fraction of sp³-hybridized carbons (Fsp3) is 0.182. The van der Waals surface area contributed by atoms with Crippen molar-refractivity contribution in [2.75, 3.05) is 0 Å². The number of nitrogens with zero attached hydrogens (tertiary/aromatic N) is 2. The Balaban J connectivity index is 1.75. The van der Waals surface area contributed by atoms with Crippen LogP contribution in [0.1, 0.15) is 22.5 Å². The average Bonchev–Trinajstić information content (AvgIpc) is 2.60. The minimum absolute atomic E-state index is 0.382. The summed E-state index contributed by atoms with van der Waals surface area (Å²) in [5.74, 6) is 0. The summed E-state index contributed by atoms with van der Waals surface area (Å²) in [6.45, 7) is 8.53. The van der Waals surface area contributed by atoms with Crippen LogP contribution in [0.3, 0.4) is 0 Å². The van der Waals surface area contributed by atoms with Crippen LogP contribution in [0.25, 0.3) is 21.8 Å². The molecule has 130 valence electrons. The Hall–Kier alpha value is -1.70. The molecule has 2 aromatic heterocycles. The molecule has 0 fully saturated rings. The molecule has 0 bridgehead atoms. The number of aryl methyl sites for hydroxylation is 4. The molecule has 0 saturated heterocycles. The van der Waals surface area contributed by atoms with Crippen LogP contribution >= 0.6 is 0 Å². The Kier molecular flexibility index (Phi) is 4.86. The first-order chi connectivity index (χ1) is 12.5. The van der Waals surface area contributed by atoms with E-state index in [1.165, 1.54) is 41.9 Å². The molecule has 0 spiro atoms. The first kappa shape index (κ1) is 17.7. The number of hydrogen-bond donors (Lipinski definition) is 0. The van der Waals surface area contributed by atoms with E-state index in [0.29, 0.717) is 26.3 Å². The number of pyridine rings is 2. The molecule has 2 heterocycles.